The number of sulfonamides is 2. The number of nitrogens with zero attached hydrogens (tertiary/aromatic N) is 1. The number of hydrogen-bond acceptors (Lipinski definition) is 8. The van der Waals surface area contributed by atoms with Gasteiger partial charge in [-0.3, -0.25) is 9.44 Å². The summed E-state index contributed by atoms with van der Waals surface area (Å²) in [6, 6.07) is 10.1. The van der Waals surface area contributed by atoms with Crippen molar-refractivity contribution in [2.75, 3.05) is 22.7 Å². The summed E-state index contributed by atoms with van der Waals surface area (Å²) in [5, 5.41) is 3.65. The predicted molar refractivity (Wildman–Crippen MR) is 111 cm³/mol. The number of aromatic nitrogens is 1. The van der Waals surface area contributed by atoms with Crippen LogP contribution in [0.3, 0.4) is 0 Å². The minimum atomic E-state index is -3.90. The number of rotatable bonds is 6. The van der Waals surface area contributed by atoms with Crippen molar-refractivity contribution < 1.29 is 30.8 Å². The maximum atomic E-state index is 12.7. The second kappa shape index (κ2) is 7.78. The van der Waals surface area contributed by atoms with Gasteiger partial charge in [-0.1, -0.05) is 5.16 Å². The molecule has 0 atom stereocenters. The molecule has 2 N–H and O–H groups in total. The molecule has 12 heteroatoms. The van der Waals surface area contributed by atoms with E-state index in [0.29, 0.717) is 24.7 Å². The van der Waals surface area contributed by atoms with E-state index in [-0.39, 0.29) is 32.6 Å². The monoisotopic (exact) mass is 465 g/mol. The van der Waals surface area contributed by atoms with Gasteiger partial charge in [0.2, 0.25) is 0 Å². The largest absolute Gasteiger partial charge is 0.486 e. The standard InChI is InChI=1S/C19H19N3O7S2/c1-12-19(13(2)29-20-12)31(25,26)22-15-5-3-14(4-6-15)21-30(23,24)16-7-8-17-18(11-16)28-10-9-27-17/h3-8,11,21-22H,9-10H2,1-2H3. The van der Waals surface area contributed by atoms with Crippen molar-refractivity contribution in [2.24, 2.45) is 0 Å². The molecule has 0 bridgehead atoms. The molecule has 0 aliphatic carbocycles. The lowest BCUT2D eigenvalue weighted by molar-refractivity contribution is 0.171. The van der Waals surface area contributed by atoms with E-state index in [1.165, 1.54) is 56.3 Å². The summed E-state index contributed by atoms with van der Waals surface area (Å²) in [6.45, 7) is 3.78. The van der Waals surface area contributed by atoms with Crippen molar-refractivity contribution >= 4 is 31.4 Å². The van der Waals surface area contributed by atoms with Crippen molar-refractivity contribution in [3.05, 3.63) is 53.9 Å². The summed E-state index contributed by atoms with van der Waals surface area (Å²) in [6.07, 6.45) is 0. The molecule has 1 aliphatic rings. The molecule has 0 radical (unpaired) electrons. The van der Waals surface area contributed by atoms with Crippen LogP contribution in [0.1, 0.15) is 11.5 Å². The number of aryl methyl sites for hydroxylation is 2. The fourth-order valence-corrected chi connectivity index (χ4v) is 5.54. The maximum absolute atomic E-state index is 12.7. The van der Waals surface area contributed by atoms with E-state index >= 15 is 0 Å². The Morgan fingerprint density at radius 2 is 1.39 bits per heavy atom. The molecule has 3 aromatic rings. The average Bonchev–Trinajstić information content (AvgIpc) is 3.07. The van der Waals surface area contributed by atoms with Gasteiger partial charge in [-0.15, -0.1) is 0 Å². The molecule has 31 heavy (non-hydrogen) atoms. The highest BCUT2D eigenvalue weighted by atomic mass is 32.2. The van der Waals surface area contributed by atoms with Gasteiger partial charge in [-0.25, -0.2) is 16.8 Å². The lowest BCUT2D eigenvalue weighted by Crippen LogP contribution is -2.17. The van der Waals surface area contributed by atoms with E-state index in [0.717, 1.165) is 0 Å². The van der Waals surface area contributed by atoms with Crippen molar-refractivity contribution in [3.63, 3.8) is 0 Å². The Morgan fingerprint density at radius 3 is 1.97 bits per heavy atom. The zero-order valence-corrected chi connectivity index (χ0v) is 18.2. The first-order chi connectivity index (χ1) is 14.7. The minimum Gasteiger partial charge on any atom is -0.486 e. The molecule has 1 aliphatic heterocycles. The van der Waals surface area contributed by atoms with Gasteiger partial charge in [0.25, 0.3) is 20.0 Å². The molecule has 0 amide bonds. The molecule has 0 fully saturated rings. The number of nitrogens with one attached hydrogen (secondary N) is 2. The fourth-order valence-electron chi connectivity index (χ4n) is 3.08. The van der Waals surface area contributed by atoms with Crippen molar-refractivity contribution in [2.45, 2.75) is 23.6 Å². The van der Waals surface area contributed by atoms with Gasteiger partial charge in [0, 0.05) is 17.4 Å². The number of ether oxygens (including phenoxy) is 2. The third-order valence-electron chi connectivity index (χ3n) is 4.45. The molecule has 10 nitrogen and oxygen atoms in total. The molecule has 164 valence electrons. The van der Waals surface area contributed by atoms with Crippen LogP contribution >= 0.6 is 0 Å². The Bertz CT molecular complexity index is 1310. The smallest absolute Gasteiger partial charge is 0.267 e. The molecule has 0 saturated heterocycles. The second-order valence-electron chi connectivity index (χ2n) is 6.75. The van der Waals surface area contributed by atoms with Crippen LogP contribution in [0.2, 0.25) is 0 Å². The van der Waals surface area contributed by atoms with Crippen LogP contribution in [0.5, 0.6) is 11.5 Å². The third-order valence-corrected chi connectivity index (χ3v) is 7.45. The van der Waals surface area contributed by atoms with Gasteiger partial charge in [0.15, 0.2) is 22.2 Å². The van der Waals surface area contributed by atoms with Crippen LogP contribution < -0.4 is 18.9 Å². The highest BCUT2D eigenvalue weighted by Gasteiger charge is 2.24. The summed E-state index contributed by atoms with van der Waals surface area (Å²) >= 11 is 0. The Labute approximate surface area is 179 Å². The van der Waals surface area contributed by atoms with Crippen LogP contribution in [0.25, 0.3) is 0 Å². The quantitative estimate of drug-likeness (QED) is 0.567. The maximum Gasteiger partial charge on any atom is 0.267 e. The number of hydrogen-bond donors (Lipinski definition) is 2. The van der Waals surface area contributed by atoms with Crippen LogP contribution in [0.4, 0.5) is 11.4 Å². The summed E-state index contributed by atoms with van der Waals surface area (Å²) in [4.78, 5) is -0.0178. The van der Waals surface area contributed by atoms with E-state index in [1.807, 2.05) is 0 Å². The van der Waals surface area contributed by atoms with Gasteiger partial charge in [-0.2, -0.15) is 0 Å². The third kappa shape index (κ3) is 4.30. The zero-order chi connectivity index (χ0) is 22.2. The predicted octanol–water partition coefficient (Wildman–Crippen LogP) is 2.66. The molecular weight excluding hydrogens is 446 g/mol. The summed E-state index contributed by atoms with van der Waals surface area (Å²) in [5.41, 5.74) is 0.756. The molecular formula is C19H19N3O7S2. The van der Waals surface area contributed by atoms with E-state index in [2.05, 4.69) is 14.6 Å². The lowest BCUT2D eigenvalue weighted by Gasteiger charge is -2.19. The zero-order valence-electron chi connectivity index (χ0n) is 16.6. The summed E-state index contributed by atoms with van der Waals surface area (Å²) in [5.74, 6) is 1.02. The van der Waals surface area contributed by atoms with Gasteiger partial charge >= 0.3 is 0 Å². The topological polar surface area (TPSA) is 137 Å². The average molecular weight is 466 g/mol. The Morgan fingerprint density at radius 1 is 0.806 bits per heavy atom. The van der Waals surface area contributed by atoms with Crippen molar-refractivity contribution in [1.29, 1.82) is 0 Å². The Hall–Kier alpha value is -3.25. The van der Waals surface area contributed by atoms with Gasteiger partial charge < -0.3 is 14.0 Å². The second-order valence-corrected chi connectivity index (χ2v) is 10.0. The van der Waals surface area contributed by atoms with Gasteiger partial charge in [0.1, 0.15) is 18.9 Å². The molecule has 1 aromatic heterocycles. The first-order valence-corrected chi connectivity index (χ1v) is 12.1. The van der Waals surface area contributed by atoms with E-state index in [4.69, 9.17) is 14.0 Å². The molecule has 2 aromatic carbocycles. The molecule has 2 heterocycles. The van der Waals surface area contributed by atoms with Crippen LogP contribution in [-0.2, 0) is 20.0 Å². The van der Waals surface area contributed by atoms with Gasteiger partial charge in [0.05, 0.1) is 4.90 Å². The molecule has 4 rings (SSSR count). The van der Waals surface area contributed by atoms with Crippen LogP contribution in [-0.4, -0.2) is 35.2 Å². The SMILES string of the molecule is Cc1noc(C)c1S(=O)(=O)Nc1ccc(NS(=O)(=O)c2ccc3c(c2)OCCO3)cc1. The Balaban J connectivity index is 1.51. The highest BCUT2D eigenvalue weighted by Crippen LogP contribution is 2.33. The first kappa shape index (κ1) is 21.0. The molecule has 0 saturated carbocycles. The van der Waals surface area contributed by atoms with Gasteiger partial charge in [-0.05, 0) is 50.2 Å². The number of anilines is 2. The van der Waals surface area contributed by atoms with Crippen molar-refractivity contribution in [3.8, 4) is 11.5 Å². The minimum absolute atomic E-state index is 0.0138. The van der Waals surface area contributed by atoms with Crippen LogP contribution in [0.15, 0.2) is 56.8 Å². The van der Waals surface area contributed by atoms with E-state index in [9.17, 15) is 16.8 Å². The lowest BCUT2D eigenvalue weighted by atomic mass is 10.3. The normalized spacial score (nSPS) is 13.6. The fraction of sp³-hybridized carbons (Fsp3) is 0.211. The first-order valence-electron chi connectivity index (χ1n) is 9.14. The Kier molecular flexibility index (Phi) is 5.27. The molecule has 0 spiro atoms. The summed E-state index contributed by atoms with van der Waals surface area (Å²) < 4.78 is 71.1. The van der Waals surface area contributed by atoms with E-state index < -0.39 is 20.0 Å². The summed E-state index contributed by atoms with van der Waals surface area (Å²) in [7, 11) is -7.79. The molecule has 0 unspecified atom stereocenters. The van der Waals surface area contributed by atoms with E-state index in [1.54, 1.807) is 0 Å². The highest BCUT2D eigenvalue weighted by molar-refractivity contribution is 7.93. The van der Waals surface area contributed by atoms with Crippen molar-refractivity contribution in [1.82, 2.24) is 5.16 Å². The number of benzene rings is 2. The number of fused-ring (bicyclic) bond motifs is 1. The van der Waals surface area contributed by atoms with Crippen LogP contribution in [0, 0.1) is 13.8 Å².